The van der Waals surface area contributed by atoms with E-state index in [4.69, 9.17) is 4.74 Å². The Bertz CT molecular complexity index is 1000. The van der Waals surface area contributed by atoms with Gasteiger partial charge < -0.3 is 4.74 Å². The minimum atomic E-state index is -0.590. The molecule has 0 unspecified atom stereocenters. The Hall–Kier alpha value is -3.47. The number of nitro groups is 1. The Balaban J connectivity index is 2.16. The standard InChI is InChI=1S/C26H27NO4/c1-3-23(21-15-10-16-22(17-21)31-2)25(26(28)20-13-8-5-9-14-20)24(18-27(29)30)19-11-6-4-7-12-19/h4-17,23-25H,3,18H2,1-2H3/t23-,24+,25+/m0/s1. The van der Waals surface area contributed by atoms with Gasteiger partial charge in [-0.05, 0) is 35.6 Å². The van der Waals surface area contributed by atoms with Gasteiger partial charge in [-0.1, -0.05) is 79.7 Å². The lowest BCUT2D eigenvalue weighted by molar-refractivity contribution is -0.484. The van der Waals surface area contributed by atoms with Crippen molar-refractivity contribution in [1.82, 2.24) is 0 Å². The van der Waals surface area contributed by atoms with Gasteiger partial charge in [0.05, 0.1) is 13.0 Å². The number of hydrogen-bond donors (Lipinski definition) is 0. The first kappa shape index (κ1) is 22.2. The number of ether oxygens (including phenoxy) is 1. The predicted octanol–water partition coefficient (Wildman–Crippen LogP) is 5.75. The molecule has 0 aliphatic carbocycles. The van der Waals surface area contributed by atoms with Gasteiger partial charge >= 0.3 is 0 Å². The molecular weight excluding hydrogens is 390 g/mol. The monoisotopic (exact) mass is 417 g/mol. The summed E-state index contributed by atoms with van der Waals surface area (Å²) in [4.78, 5) is 25.2. The van der Waals surface area contributed by atoms with Gasteiger partial charge in [0, 0.05) is 16.4 Å². The third-order valence-corrected chi connectivity index (χ3v) is 5.76. The van der Waals surface area contributed by atoms with E-state index in [-0.39, 0.29) is 23.2 Å². The molecule has 0 aliphatic heterocycles. The predicted molar refractivity (Wildman–Crippen MR) is 121 cm³/mol. The maximum absolute atomic E-state index is 13.8. The number of Topliss-reactive ketones (excluding diaryl/α,β-unsaturated/α-hetero) is 1. The molecule has 0 bridgehead atoms. The van der Waals surface area contributed by atoms with Crippen molar-refractivity contribution in [2.75, 3.05) is 13.7 Å². The highest BCUT2D eigenvalue weighted by Gasteiger charge is 2.39. The van der Waals surface area contributed by atoms with E-state index >= 15 is 0 Å². The largest absolute Gasteiger partial charge is 0.497 e. The Morgan fingerprint density at radius 1 is 0.903 bits per heavy atom. The third kappa shape index (κ3) is 5.37. The first-order chi connectivity index (χ1) is 15.0. The lowest BCUT2D eigenvalue weighted by Gasteiger charge is -2.31. The minimum absolute atomic E-state index is 0.0778. The van der Waals surface area contributed by atoms with Crippen molar-refractivity contribution in [1.29, 1.82) is 0 Å². The Morgan fingerprint density at radius 3 is 2.10 bits per heavy atom. The van der Waals surface area contributed by atoms with Gasteiger partial charge in [-0.25, -0.2) is 0 Å². The average Bonchev–Trinajstić information content (AvgIpc) is 2.82. The SMILES string of the molecule is CC[C@@H](c1cccc(OC)c1)[C@@H](C(=O)c1ccccc1)[C@H](C[N+](=O)[O-])c1ccccc1. The lowest BCUT2D eigenvalue weighted by Crippen LogP contribution is -2.32. The van der Waals surface area contributed by atoms with E-state index < -0.39 is 11.8 Å². The van der Waals surface area contributed by atoms with E-state index in [0.29, 0.717) is 17.7 Å². The van der Waals surface area contributed by atoms with Crippen LogP contribution >= 0.6 is 0 Å². The summed E-state index contributed by atoms with van der Waals surface area (Å²) in [6.07, 6.45) is 0.664. The molecule has 5 nitrogen and oxygen atoms in total. The number of rotatable bonds is 10. The van der Waals surface area contributed by atoms with E-state index in [1.807, 2.05) is 79.7 Å². The lowest BCUT2D eigenvalue weighted by atomic mass is 9.70. The number of benzene rings is 3. The van der Waals surface area contributed by atoms with Gasteiger partial charge in [-0.3, -0.25) is 14.9 Å². The van der Waals surface area contributed by atoms with Crippen LogP contribution < -0.4 is 4.74 Å². The van der Waals surface area contributed by atoms with Crippen LogP contribution in [0.5, 0.6) is 5.75 Å². The molecule has 0 fully saturated rings. The molecule has 3 rings (SSSR count). The molecule has 0 radical (unpaired) electrons. The van der Waals surface area contributed by atoms with Crippen LogP contribution in [0, 0.1) is 16.0 Å². The summed E-state index contributed by atoms with van der Waals surface area (Å²) in [6.45, 7) is 1.71. The zero-order valence-electron chi connectivity index (χ0n) is 17.8. The molecular formula is C26H27NO4. The van der Waals surface area contributed by atoms with Gasteiger partial charge in [-0.2, -0.15) is 0 Å². The van der Waals surface area contributed by atoms with Crippen LogP contribution in [0.25, 0.3) is 0 Å². The molecule has 3 atom stereocenters. The zero-order valence-corrected chi connectivity index (χ0v) is 17.8. The first-order valence-corrected chi connectivity index (χ1v) is 10.4. The average molecular weight is 418 g/mol. The molecule has 3 aromatic rings. The summed E-state index contributed by atoms with van der Waals surface area (Å²) < 4.78 is 5.39. The highest BCUT2D eigenvalue weighted by molar-refractivity contribution is 5.99. The summed E-state index contributed by atoms with van der Waals surface area (Å²) in [5.41, 5.74) is 2.31. The summed E-state index contributed by atoms with van der Waals surface area (Å²) in [5.74, 6) is -0.723. The Morgan fingerprint density at radius 2 is 1.52 bits per heavy atom. The summed E-state index contributed by atoms with van der Waals surface area (Å²) >= 11 is 0. The smallest absolute Gasteiger partial charge is 0.211 e. The van der Waals surface area contributed by atoms with Crippen LogP contribution in [-0.4, -0.2) is 24.4 Å². The molecule has 0 spiro atoms. The highest BCUT2D eigenvalue weighted by Crippen LogP contribution is 2.41. The molecule has 0 saturated carbocycles. The molecule has 0 heterocycles. The maximum atomic E-state index is 13.8. The first-order valence-electron chi connectivity index (χ1n) is 10.4. The van der Waals surface area contributed by atoms with Crippen LogP contribution in [-0.2, 0) is 0 Å². The van der Waals surface area contributed by atoms with Crippen LogP contribution in [0.1, 0.15) is 46.7 Å². The van der Waals surface area contributed by atoms with Gasteiger partial charge in [0.1, 0.15) is 5.75 Å². The third-order valence-electron chi connectivity index (χ3n) is 5.76. The zero-order chi connectivity index (χ0) is 22.2. The van der Waals surface area contributed by atoms with E-state index in [0.717, 1.165) is 11.1 Å². The quantitative estimate of drug-likeness (QED) is 0.239. The summed E-state index contributed by atoms with van der Waals surface area (Å²) in [5, 5.41) is 11.7. The Kier molecular flexibility index (Phi) is 7.55. The van der Waals surface area contributed by atoms with Gasteiger partial charge in [0.15, 0.2) is 5.78 Å². The highest BCUT2D eigenvalue weighted by atomic mass is 16.6. The van der Waals surface area contributed by atoms with Crippen molar-refractivity contribution in [2.45, 2.75) is 25.2 Å². The van der Waals surface area contributed by atoms with Crippen molar-refractivity contribution < 1.29 is 14.5 Å². The normalized spacial score (nSPS) is 13.7. The van der Waals surface area contributed by atoms with Crippen molar-refractivity contribution in [3.63, 3.8) is 0 Å². The maximum Gasteiger partial charge on any atom is 0.211 e. The number of methoxy groups -OCH3 is 1. The molecule has 3 aromatic carbocycles. The fourth-order valence-corrected chi connectivity index (χ4v) is 4.30. The van der Waals surface area contributed by atoms with Crippen LogP contribution in [0.3, 0.4) is 0 Å². The van der Waals surface area contributed by atoms with Gasteiger partial charge in [0.25, 0.3) is 0 Å². The van der Waals surface area contributed by atoms with Crippen LogP contribution in [0.2, 0.25) is 0 Å². The van der Waals surface area contributed by atoms with Crippen molar-refractivity contribution in [2.24, 2.45) is 5.92 Å². The number of hydrogen-bond acceptors (Lipinski definition) is 4. The van der Waals surface area contributed by atoms with E-state index in [2.05, 4.69) is 0 Å². The fraction of sp³-hybridized carbons (Fsp3) is 0.269. The summed E-state index contributed by atoms with van der Waals surface area (Å²) in [7, 11) is 1.60. The molecule has 0 saturated heterocycles. The molecule has 0 amide bonds. The Labute approximate surface area is 182 Å². The van der Waals surface area contributed by atoms with Crippen LogP contribution in [0.15, 0.2) is 84.9 Å². The van der Waals surface area contributed by atoms with E-state index in [9.17, 15) is 14.9 Å². The van der Waals surface area contributed by atoms with E-state index in [1.165, 1.54) is 0 Å². The molecule has 0 aliphatic rings. The number of carbonyl (C=O) groups is 1. The second-order valence-electron chi connectivity index (χ2n) is 7.58. The molecule has 0 aromatic heterocycles. The number of ketones is 1. The minimum Gasteiger partial charge on any atom is -0.497 e. The van der Waals surface area contributed by atoms with Crippen molar-refractivity contribution in [3.05, 3.63) is 112 Å². The van der Waals surface area contributed by atoms with Crippen molar-refractivity contribution in [3.8, 4) is 5.75 Å². The van der Waals surface area contributed by atoms with Gasteiger partial charge in [-0.15, -0.1) is 0 Å². The second-order valence-corrected chi connectivity index (χ2v) is 7.58. The molecule has 0 N–H and O–H groups in total. The summed E-state index contributed by atoms with van der Waals surface area (Å²) in [6, 6.07) is 26.0. The van der Waals surface area contributed by atoms with Crippen molar-refractivity contribution >= 4 is 5.78 Å². The topological polar surface area (TPSA) is 69.4 Å². The van der Waals surface area contributed by atoms with Gasteiger partial charge in [0.2, 0.25) is 6.54 Å². The fourth-order valence-electron chi connectivity index (χ4n) is 4.30. The van der Waals surface area contributed by atoms with Crippen LogP contribution in [0.4, 0.5) is 0 Å². The molecule has 31 heavy (non-hydrogen) atoms. The number of nitrogens with zero attached hydrogens (tertiary/aromatic N) is 1. The molecule has 160 valence electrons. The molecule has 5 heteroatoms. The number of carbonyl (C=O) groups excluding carboxylic acids is 1. The second kappa shape index (κ2) is 10.5. The van der Waals surface area contributed by atoms with E-state index in [1.54, 1.807) is 19.2 Å².